The number of unbranched alkanes of at least 4 members (excludes halogenated alkanes) is 7. The number of carbonyl (C=O) groups excluding carboxylic acids is 2. The van der Waals surface area contributed by atoms with E-state index in [0.29, 0.717) is 41.9 Å². The molecule has 0 bridgehead atoms. The van der Waals surface area contributed by atoms with Crippen LogP contribution >= 0.6 is 0 Å². The van der Waals surface area contributed by atoms with Crippen LogP contribution in [0.4, 0.5) is 0 Å². The number of hydrogen-bond donors (Lipinski definition) is 3. The number of rotatable bonds is 17. The van der Waals surface area contributed by atoms with Gasteiger partial charge in [-0.05, 0) is 140 Å². The average Bonchev–Trinajstić information content (AvgIpc) is 3.17. The van der Waals surface area contributed by atoms with Crippen molar-refractivity contribution >= 4 is 11.8 Å². The van der Waals surface area contributed by atoms with Gasteiger partial charge in [-0.3, -0.25) is 9.59 Å². The van der Waals surface area contributed by atoms with Crippen LogP contribution in [-0.2, 0) is 16.0 Å². The number of amides is 2. The van der Waals surface area contributed by atoms with Crippen molar-refractivity contribution in [2.24, 2.45) is 56.7 Å². The third-order valence-electron chi connectivity index (χ3n) is 18.4. The van der Waals surface area contributed by atoms with Crippen LogP contribution in [0.3, 0.4) is 0 Å². The Morgan fingerprint density at radius 2 is 1.49 bits per heavy atom. The molecule has 57 heavy (non-hydrogen) atoms. The topological polar surface area (TPSA) is 78.4 Å². The summed E-state index contributed by atoms with van der Waals surface area (Å²) in [5.74, 6) is 3.24. The van der Waals surface area contributed by atoms with E-state index in [1.807, 2.05) is 6.07 Å². The van der Waals surface area contributed by atoms with E-state index in [1.165, 1.54) is 50.5 Å². The van der Waals surface area contributed by atoms with Crippen LogP contribution in [0, 0.1) is 56.7 Å². The zero-order chi connectivity index (χ0) is 41.1. The molecular weight excluding hydrogens is 701 g/mol. The molecule has 11 atom stereocenters. The monoisotopic (exact) mass is 785 g/mol. The Kier molecular flexibility index (Phi) is 14.2. The first-order valence-corrected chi connectivity index (χ1v) is 24.1. The molecule has 0 radical (unpaired) electrons. The summed E-state index contributed by atoms with van der Waals surface area (Å²) in [6.07, 6.45) is 25.4. The molecule has 0 aliphatic heterocycles. The molecule has 320 valence electrons. The summed E-state index contributed by atoms with van der Waals surface area (Å²) in [6.45, 7) is 20.5. The summed E-state index contributed by atoms with van der Waals surface area (Å²) in [4.78, 5) is 27.2. The summed E-state index contributed by atoms with van der Waals surface area (Å²) >= 11 is 0. The van der Waals surface area contributed by atoms with Gasteiger partial charge in [-0.25, -0.2) is 0 Å². The summed E-state index contributed by atoms with van der Waals surface area (Å²) in [6, 6.07) is 10.7. The van der Waals surface area contributed by atoms with Gasteiger partial charge in [0.05, 0.1) is 11.5 Å². The molecule has 6 rings (SSSR count). The Morgan fingerprint density at radius 1 is 0.807 bits per heavy atom. The Morgan fingerprint density at radius 3 is 2.19 bits per heavy atom. The normalized spacial score (nSPS) is 37.4. The minimum atomic E-state index is -0.270. The van der Waals surface area contributed by atoms with E-state index < -0.39 is 0 Å². The van der Waals surface area contributed by atoms with Crippen LogP contribution in [0.2, 0.25) is 0 Å². The maximum absolute atomic E-state index is 14.6. The third kappa shape index (κ3) is 8.59. The van der Waals surface area contributed by atoms with Gasteiger partial charge in [0.25, 0.3) is 0 Å². The molecule has 3 N–H and O–H groups in total. The van der Waals surface area contributed by atoms with E-state index in [4.69, 9.17) is 0 Å². The van der Waals surface area contributed by atoms with Crippen LogP contribution in [0.15, 0.2) is 42.0 Å². The largest absolute Gasteiger partial charge is 0.393 e. The van der Waals surface area contributed by atoms with Gasteiger partial charge in [0.15, 0.2) is 0 Å². The maximum atomic E-state index is 14.6. The van der Waals surface area contributed by atoms with Gasteiger partial charge in [-0.1, -0.05) is 142 Å². The number of hydrogen-bond acceptors (Lipinski definition) is 3. The molecular formula is C52H84N2O3. The van der Waals surface area contributed by atoms with E-state index in [-0.39, 0.29) is 45.1 Å². The first kappa shape index (κ1) is 44.4. The fourth-order valence-electron chi connectivity index (χ4n) is 14.5. The molecule has 2 amide bonds. The number of aliphatic hydroxyl groups excluding tert-OH is 1. The van der Waals surface area contributed by atoms with Gasteiger partial charge >= 0.3 is 0 Å². The van der Waals surface area contributed by atoms with Crippen LogP contribution < -0.4 is 10.6 Å². The number of carbonyl (C=O) groups is 2. The van der Waals surface area contributed by atoms with Gasteiger partial charge in [0, 0.05) is 19.0 Å². The first-order chi connectivity index (χ1) is 27.1. The molecule has 5 aliphatic rings. The summed E-state index contributed by atoms with van der Waals surface area (Å²) in [5.41, 5.74) is 3.24. The van der Waals surface area contributed by atoms with Crippen LogP contribution in [-0.4, -0.2) is 35.6 Å². The maximum Gasteiger partial charge on any atom is 0.226 e. The minimum Gasteiger partial charge on any atom is -0.393 e. The Labute approximate surface area is 349 Å². The lowest BCUT2D eigenvalue weighted by Crippen LogP contribution is -2.66. The van der Waals surface area contributed by atoms with Crippen molar-refractivity contribution in [3.63, 3.8) is 0 Å². The van der Waals surface area contributed by atoms with E-state index in [1.54, 1.807) is 5.57 Å². The fourth-order valence-corrected chi connectivity index (χ4v) is 14.5. The molecule has 5 heteroatoms. The standard InChI is InChI=1S/C52H84N2O3/c1-9-21-40(36-39-22-17-16-18-23-39)54-45(56)24-19-14-12-10-11-13-15-20-35-53-47(57)52-32-27-37(2)38(3)46(52)41-25-26-43-49(6)30-29-44(55)48(4,5)42(49)28-31-51(43,8)50(41,7)33-34-52/h16-18,22-23,25,37-38,40,42-44,46,55H,9-15,19-21,24,26-36H2,1-8H3,(H,53,57)(H,54,56)/t37-,38+,40?,42?,43?,44+,46?,49+,50-,51-,52+/m1/s1. The van der Waals surface area contributed by atoms with Crippen molar-refractivity contribution in [2.45, 2.75) is 202 Å². The van der Waals surface area contributed by atoms with Gasteiger partial charge < -0.3 is 15.7 Å². The predicted molar refractivity (Wildman–Crippen MR) is 237 cm³/mol. The molecule has 5 nitrogen and oxygen atoms in total. The second-order valence-corrected chi connectivity index (χ2v) is 21.8. The summed E-state index contributed by atoms with van der Waals surface area (Å²) in [5, 5.41) is 18.0. The third-order valence-corrected chi connectivity index (χ3v) is 18.4. The van der Waals surface area contributed by atoms with E-state index in [0.717, 1.165) is 90.0 Å². The number of benzene rings is 1. The van der Waals surface area contributed by atoms with Crippen molar-refractivity contribution < 1.29 is 14.7 Å². The SMILES string of the molecule is CCCC(Cc1ccccc1)NC(=O)CCCCCCCCCCNC(=O)[C@]12CC[C@@H](C)[C@H](C)C1C1=CCC3[C@@]4(C)CC[C@H](O)C(C)(C)C4CC[C@@]3(C)[C@]1(C)CC2. The van der Waals surface area contributed by atoms with Crippen molar-refractivity contribution in [1.82, 2.24) is 10.6 Å². The summed E-state index contributed by atoms with van der Waals surface area (Å²) < 4.78 is 0. The van der Waals surface area contributed by atoms with Crippen molar-refractivity contribution in [3.05, 3.63) is 47.5 Å². The molecule has 0 heterocycles. The molecule has 4 saturated carbocycles. The second-order valence-electron chi connectivity index (χ2n) is 21.8. The summed E-state index contributed by atoms with van der Waals surface area (Å²) in [7, 11) is 0. The molecule has 4 fully saturated rings. The van der Waals surface area contributed by atoms with Gasteiger partial charge in [-0.2, -0.15) is 0 Å². The lowest BCUT2D eigenvalue weighted by molar-refractivity contribution is -0.204. The molecule has 1 aromatic carbocycles. The minimum absolute atomic E-state index is 0.0333. The second kappa shape index (κ2) is 18.2. The lowest BCUT2D eigenvalue weighted by atomic mass is 9.33. The number of fused-ring (bicyclic) bond motifs is 7. The van der Waals surface area contributed by atoms with E-state index in [9.17, 15) is 14.7 Å². The van der Waals surface area contributed by atoms with Crippen LogP contribution in [0.5, 0.6) is 0 Å². The zero-order valence-corrected chi connectivity index (χ0v) is 37.8. The van der Waals surface area contributed by atoms with E-state index in [2.05, 4.69) is 96.4 Å². The molecule has 4 unspecified atom stereocenters. The fraction of sp³-hybridized carbons (Fsp3) is 0.808. The molecule has 0 aromatic heterocycles. The van der Waals surface area contributed by atoms with Crippen molar-refractivity contribution in [2.75, 3.05) is 6.54 Å². The lowest BCUT2D eigenvalue weighted by Gasteiger charge is -2.71. The predicted octanol–water partition coefficient (Wildman–Crippen LogP) is 12.2. The molecule has 0 spiro atoms. The quantitative estimate of drug-likeness (QED) is 0.109. The highest BCUT2D eigenvalue weighted by atomic mass is 16.3. The van der Waals surface area contributed by atoms with Gasteiger partial charge in [0.2, 0.25) is 11.8 Å². The van der Waals surface area contributed by atoms with Gasteiger partial charge in [-0.15, -0.1) is 0 Å². The molecule has 5 aliphatic carbocycles. The first-order valence-electron chi connectivity index (χ1n) is 24.1. The number of nitrogens with one attached hydrogen (secondary N) is 2. The highest BCUT2D eigenvalue weighted by molar-refractivity contribution is 5.84. The smallest absolute Gasteiger partial charge is 0.226 e. The van der Waals surface area contributed by atoms with Crippen LogP contribution in [0.1, 0.15) is 189 Å². The highest BCUT2D eigenvalue weighted by Gasteiger charge is 2.69. The van der Waals surface area contributed by atoms with Gasteiger partial charge in [0.1, 0.15) is 0 Å². The molecule has 0 saturated heterocycles. The van der Waals surface area contributed by atoms with Crippen LogP contribution in [0.25, 0.3) is 0 Å². The Balaban J connectivity index is 0.955. The average molecular weight is 785 g/mol. The Bertz CT molecular complexity index is 1540. The highest BCUT2D eigenvalue weighted by Crippen LogP contribution is 2.75. The Hall–Kier alpha value is -2.14. The van der Waals surface area contributed by atoms with Crippen molar-refractivity contribution in [1.29, 1.82) is 0 Å². The van der Waals surface area contributed by atoms with Crippen molar-refractivity contribution in [3.8, 4) is 0 Å². The molecule has 1 aromatic rings. The van der Waals surface area contributed by atoms with E-state index >= 15 is 0 Å². The number of allylic oxidation sites excluding steroid dienone is 2. The number of aliphatic hydroxyl groups is 1. The zero-order valence-electron chi connectivity index (χ0n) is 37.8.